The number of alkyl halides is 15. The van der Waals surface area contributed by atoms with Gasteiger partial charge < -0.3 is 5.32 Å². The molecular weight excluding hydrogens is 467 g/mol. The van der Waals surface area contributed by atoms with Gasteiger partial charge in [-0.15, -0.1) is 0 Å². The van der Waals surface area contributed by atoms with Crippen molar-refractivity contribution in [3.8, 4) is 0 Å². The Morgan fingerprint density at radius 3 is 0.833 bits per heavy atom. The number of hydrogen-bond donors (Lipinski definition) is 1. The molecule has 1 aromatic carbocycles. The van der Waals surface area contributed by atoms with Gasteiger partial charge in [-0.05, 0) is 19.5 Å². The Morgan fingerprint density at radius 2 is 0.667 bits per heavy atom. The number of benzene rings is 1. The van der Waals surface area contributed by atoms with E-state index in [9.17, 15) is 65.9 Å². The first-order chi connectivity index (χ1) is 13.0. The fourth-order valence-electron chi connectivity index (χ4n) is 2.79. The molecule has 1 aromatic rings. The highest BCUT2D eigenvalue weighted by molar-refractivity contribution is 5.58. The van der Waals surface area contributed by atoms with Crippen LogP contribution >= 0.6 is 0 Å². The molecule has 1 unspecified atom stereocenters. The molecule has 0 amide bonds. The van der Waals surface area contributed by atoms with Gasteiger partial charge in [0.05, 0.1) is 27.8 Å². The third-order valence-corrected chi connectivity index (χ3v) is 3.82. The lowest BCUT2D eigenvalue weighted by molar-refractivity contribution is -0.189. The highest BCUT2D eigenvalue weighted by atomic mass is 19.4. The first-order valence-corrected chi connectivity index (χ1v) is 7.24. The molecule has 1 N–H and O–H groups in total. The standard InChI is InChI=1S/C14H8F15N/c1-3(30-2)4-5(10(15,16)17)7(12(21,22)23)9(14(27,28)29)8(13(24,25)26)6(4)11(18,19)20/h3,30H,1-2H3. The molecule has 0 saturated carbocycles. The quantitative estimate of drug-likeness (QED) is 0.452. The molecule has 0 aromatic heterocycles. The zero-order valence-corrected chi connectivity index (χ0v) is 14.2. The Hall–Kier alpha value is -1.87. The molecule has 0 aliphatic rings. The SMILES string of the molecule is CNC(C)c1c(C(F)(F)F)c(C(F)(F)F)c(C(F)(F)F)c(C(F)(F)F)c1C(F)(F)F. The van der Waals surface area contributed by atoms with Crippen molar-refractivity contribution in [2.24, 2.45) is 0 Å². The summed E-state index contributed by atoms with van der Waals surface area (Å²) in [5.74, 6) is 0. The van der Waals surface area contributed by atoms with E-state index in [2.05, 4.69) is 0 Å². The van der Waals surface area contributed by atoms with Crippen LogP contribution in [0, 0.1) is 0 Å². The lowest BCUT2D eigenvalue weighted by Crippen LogP contribution is -2.35. The molecule has 0 fully saturated rings. The van der Waals surface area contributed by atoms with Crippen molar-refractivity contribution >= 4 is 0 Å². The summed E-state index contributed by atoms with van der Waals surface area (Å²) in [4.78, 5) is 0. The summed E-state index contributed by atoms with van der Waals surface area (Å²) in [5.41, 5.74) is -21.6. The van der Waals surface area contributed by atoms with Crippen LogP contribution in [0.5, 0.6) is 0 Å². The van der Waals surface area contributed by atoms with Crippen LogP contribution in [0.25, 0.3) is 0 Å². The van der Waals surface area contributed by atoms with Crippen LogP contribution in [0.15, 0.2) is 0 Å². The largest absolute Gasteiger partial charge is 0.417 e. The van der Waals surface area contributed by atoms with Crippen LogP contribution in [0.2, 0.25) is 0 Å². The van der Waals surface area contributed by atoms with Gasteiger partial charge in [0, 0.05) is 6.04 Å². The van der Waals surface area contributed by atoms with E-state index < -0.39 is 70.3 Å². The average Bonchev–Trinajstić information content (AvgIpc) is 2.46. The lowest BCUT2D eigenvalue weighted by atomic mass is 9.82. The van der Waals surface area contributed by atoms with Crippen LogP contribution in [0.4, 0.5) is 65.9 Å². The maximum Gasteiger partial charge on any atom is 0.417 e. The molecule has 174 valence electrons. The summed E-state index contributed by atoms with van der Waals surface area (Å²) in [7, 11) is 0.586. The van der Waals surface area contributed by atoms with Crippen molar-refractivity contribution in [3.05, 3.63) is 33.4 Å². The van der Waals surface area contributed by atoms with Crippen molar-refractivity contribution in [1.29, 1.82) is 0 Å². The van der Waals surface area contributed by atoms with Gasteiger partial charge in [0.1, 0.15) is 0 Å². The van der Waals surface area contributed by atoms with E-state index in [4.69, 9.17) is 0 Å². The summed E-state index contributed by atoms with van der Waals surface area (Å²) in [5, 5.41) is 1.61. The van der Waals surface area contributed by atoms with Crippen LogP contribution < -0.4 is 5.32 Å². The monoisotopic (exact) mass is 475 g/mol. The predicted molar refractivity (Wildman–Crippen MR) is 68.9 cm³/mol. The Morgan fingerprint density at radius 1 is 0.467 bits per heavy atom. The number of hydrogen-bond acceptors (Lipinski definition) is 1. The second-order valence-electron chi connectivity index (χ2n) is 5.79. The van der Waals surface area contributed by atoms with Crippen LogP contribution in [-0.4, -0.2) is 7.05 Å². The molecule has 0 aliphatic carbocycles. The third kappa shape index (κ3) is 4.88. The molecule has 1 nitrogen and oxygen atoms in total. The minimum Gasteiger partial charge on any atom is -0.313 e. The van der Waals surface area contributed by atoms with Gasteiger partial charge in [-0.25, -0.2) is 0 Å². The van der Waals surface area contributed by atoms with Crippen LogP contribution in [-0.2, 0) is 30.9 Å². The summed E-state index contributed by atoms with van der Waals surface area (Å²) in [6.45, 7) is 0.327. The van der Waals surface area contributed by atoms with Crippen molar-refractivity contribution in [2.45, 2.75) is 43.8 Å². The van der Waals surface area contributed by atoms with Crippen molar-refractivity contribution in [3.63, 3.8) is 0 Å². The highest BCUT2D eigenvalue weighted by Crippen LogP contribution is 2.57. The Balaban J connectivity index is 4.79. The number of rotatable bonds is 2. The molecule has 0 bridgehead atoms. The topological polar surface area (TPSA) is 12.0 Å². The van der Waals surface area contributed by atoms with Crippen molar-refractivity contribution < 1.29 is 65.9 Å². The van der Waals surface area contributed by atoms with Gasteiger partial charge in [0.15, 0.2) is 0 Å². The third-order valence-electron chi connectivity index (χ3n) is 3.82. The first-order valence-electron chi connectivity index (χ1n) is 7.24. The maximum absolute atomic E-state index is 13.4. The molecule has 0 saturated heterocycles. The van der Waals surface area contributed by atoms with Crippen molar-refractivity contribution in [2.75, 3.05) is 7.05 Å². The molecule has 1 atom stereocenters. The number of halogens is 15. The van der Waals surface area contributed by atoms with E-state index in [1.54, 1.807) is 5.32 Å². The molecule has 30 heavy (non-hydrogen) atoms. The van der Waals surface area contributed by atoms with Crippen LogP contribution in [0.1, 0.15) is 46.3 Å². The van der Waals surface area contributed by atoms with Gasteiger partial charge in [-0.3, -0.25) is 0 Å². The van der Waals surface area contributed by atoms with Crippen molar-refractivity contribution in [1.82, 2.24) is 5.32 Å². The van der Waals surface area contributed by atoms with Gasteiger partial charge in [0.2, 0.25) is 0 Å². The minimum absolute atomic E-state index is 0.327. The fraction of sp³-hybridized carbons (Fsp3) is 0.571. The second-order valence-corrected chi connectivity index (χ2v) is 5.79. The first kappa shape index (κ1) is 26.2. The number of nitrogens with one attached hydrogen (secondary N) is 1. The van der Waals surface area contributed by atoms with Gasteiger partial charge in [0.25, 0.3) is 0 Å². The minimum atomic E-state index is -6.88. The maximum atomic E-state index is 13.4. The predicted octanol–water partition coefficient (Wildman–Crippen LogP) is 7.06. The Bertz CT molecular complexity index is 735. The van der Waals surface area contributed by atoms with E-state index >= 15 is 0 Å². The van der Waals surface area contributed by atoms with E-state index in [1.807, 2.05) is 0 Å². The van der Waals surface area contributed by atoms with E-state index in [0.29, 0.717) is 14.0 Å². The Labute approximate surface area is 156 Å². The van der Waals surface area contributed by atoms with E-state index in [1.165, 1.54) is 0 Å². The van der Waals surface area contributed by atoms with E-state index in [0.717, 1.165) is 0 Å². The molecule has 1 rings (SSSR count). The fourth-order valence-corrected chi connectivity index (χ4v) is 2.79. The average molecular weight is 475 g/mol. The smallest absolute Gasteiger partial charge is 0.313 e. The zero-order chi connectivity index (χ0) is 24.2. The summed E-state index contributed by atoms with van der Waals surface area (Å²) >= 11 is 0. The Kier molecular flexibility index (Phi) is 6.43. The van der Waals surface area contributed by atoms with E-state index in [-0.39, 0.29) is 0 Å². The summed E-state index contributed by atoms with van der Waals surface area (Å²) in [6, 6.07) is -2.51. The molecule has 0 aliphatic heterocycles. The lowest BCUT2D eigenvalue weighted by Gasteiger charge is -2.32. The molecule has 16 heteroatoms. The molecule has 0 heterocycles. The molecule has 0 radical (unpaired) electrons. The summed E-state index contributed by atoms with van der Waals surface area (Å²) in [6.07, 6.45) is -33.4. The van der Waals surface area contributed by atoms with Gasteiger partial charge in [-0.2, -0.15) is 65.9 Å². The summed E-state index contributed by atoms with van der Waals surface area (Å²) < 4.78 is 199. The van der Waals surface area contributed by atoms with Gasteiger partial charge in [-0.1, -0.05) is 0 Å². The van der Waals surface area contributed by atoms with Gasteiger partial charge >= 0.3 is 30.9 Å². The highest BCUT2D eigenvalue weighted by Gasteiger charge is 2.60. The molecule has 0 spiro atoms. The van der Waals surface area contributed by atoms with Crippen LogP contribution in [0.3, 0.4) is 0 Å². The second kappa shape index (κ2) is 7.37. The normalized spacial score (nSPS) is 15.5. The zero-order valence-electron chi connectivity index (χ0n) is 14.2. The molecular formula is C14H8F15N.